The predicted molar refractivity (Wildman–Crippen MR) is 124 cm³/mol. The van der Waals surface area contributed by atoms with Crippen molar-refractivity contribution in [2.24, 2.45) is 0 Å². The summed E-state index contributed by atoms with van der Waals surface area (Å²) in [4.78, 5) is 6.85. The third kappa shape index (κ3) is 5.26. The molecule has 0 radical (unpaired) electrons. The third-order valence-electron chi connectivity index (χ3n) is 4.88. The molecule has 1 aromatic heterocycles. The van der Waals surface area contributed by atoms with Crippen molar-refractivity contribution in [3.05, 3.63) is 86.5 Å². The molecule has 0 fully saturated rings. The minimum absolute atomic E-state index is 0. The molecule has 0 saturated heterocycles. The molecular weight excluding hydrogens is 506 g/mol. The first-order valence-corrected chi connectivity index (χ1v) is 9.77. The van der Waals surface area contributed by atoms with E-state index in [0.717, 1.165) is 32.6 Å². The maximum Gasteiger partial charge on any atom is 0.0991 e. The molecule has 2 aromatic carbocycles. The zero-order chi connectivity index (χ0) is 17.9. The van der Waals surface area contributed by atoms with E-state index in [-0.39, 0.29) is 24.8 Å². The molecule has 0 atom stereocenters. The first kappa shape index (κ1) is 22.7. The third-order valence-corrected chi connectivity index (χ3v) is 5.55. The number of nitriles is 1. The number of hydrogen-bond donors (Lipinski definition) is 0. The van der Waals surface area contributed by atoms with Crippen molar-refractivity contribution in [2.45, 2.75) is 26.1 Å². The minimum atomic E-state index is 0. The Labute approximate surface area is 191 Å². The minimum Gasteiger partial charge on any atom is -0.329 e. The predicted octanol–water partition coefficient (Wildman–Crippen LogP) is 4.81. The van der Waals surface area contributed by atoms with Crippen LogP contribution in [0.2, 0.25) is 0 Å². The summed E-state index contributed by atoms with van der Waals surface area (Å²) >= 11 is 2.39. The first-order valence-electron chi connectivity index (χ1n) is 8.69. The normalized spacial score (nSPS) is 13.0. The Kier molecular flexibility index (Phi) is 8.32. The van der Waals surface area contributed by atoms with Crippen molar-refractivity contribution < 1.29 is 0 Å². The molecule has 0 aliphatic carbocycles. The standard InChI is InChI=1S/C21H19IN4.2ClH/c22-20-6-5-18-7-8-25(13-19(18)9-20)14-21-11-24-15-26(21)12-17-3-1-16(10-23)2-4-17;;/h1-6,9,11,15H,7-8,12-14H2;2*1H. The highest BCUT2D eigenvalue weighted by molar-refractivity contribution is 14.1. The van der Waals surface area contributed by atoms with Crippen LogP contribution in [0.3, 0.4) is 0 Å². The van der Waals surface area contributed by atoms with Gasteiger partial charge in [0.05, 0.1) is 23.7 Å². The zero-order valence-corrected chi connectivity index (χ0v) is 19.0. The van der Waals surface area contributed by atoms with E-state index in [1.54, 1.807) is 0 Å². The highest BCUT2D eigenvalue weighted by Crippen LogP contribution is 2.22. The van der Waals surface area contributed by atoms with Crippen LogP contribution < -0.4 is 0 Å². The number of fused-ring (bicyclic) bond motifs is 1. The average Bonchev–Trinajstić information content (AvgIpc) is 3.08. The maximum absolute atomic E-state index is 8.93. The Balaban J connectivity index is 0.00000140. The fraction of sp³-hybridized carbons (Fsp3) is 0.238. The number of hydrogen-bond acceptors (Lipinski definition) is 3. The molecule has 0 bridgehead atoms. The lowest BCUT2D eigenvalue weighted by atomic mass is 10.00. The smallest absolute Gasteiger partial charge is 0.0991 e. The lowest BCUT2D eigenvalue weighted by molar-refractivity contribution is 0.239. The number of benzene rings is 2. The molecule has 0 saturated carbocycles. The highest BCUT2D eigenvalue weighted by atomic mass is 127. The SMILES string of the molecule is Cl.Cl.N#Cc1ccc(Cn2cncc2CN2CCc3ccc(I)cc3C2)cc1. The molecule has 7 heteroatoms. The molecule has 0 N–H and O–H groups in total. The van der Waals surface area contributed by atoms with Crippen molar-refractivity contribution in [1.82, 2.24) is 14.5 Å². The van der Waals surface area contributed by atoms with E-state index in [0.29, 0.717) is 5.56 Å². The average molecular weight is 527 g/mol. The summed E-state index contributed by atoms with van der Waals surface area (Å²) in [5.41, 5.74) is 6.03. The van der Waals surface area contributed by atoms with Crippen molar-refractivity contribution in [1.29, 1.82) is 5.26 Å². The van der Waals surface area contributed by atoms with Crippen molar-refractivity contribution in [3.8, 4) is 6.07 Å². The van der Waals surface area contributed by atoms with Gasteiger partial charge in [-0.25, -0.2) is 4.98 Å². The molecule has 1 aliphatic heterocycles. The van der Waals surface area contributed by atoms with Crippen LogP contribution in [-0.4, -0.2) is 21.0 Å². The van der Waals surface area contributed by atoms with Crippen LogP contribution in [0, 0.1) is 14.9 Å². The van der Waals surface area contributed by atoms with E-state index >= 15 is 0 Å². The van der Waals surface area contributed by atoms with Crippen LogP contribution in [-0.2, 0) is 26.1 Å². The van der Waals surface area contributed by atoms with Crippen LogP contribution in [0.25, 0.3) is 0 Å². The molecule has 4 rings (SSSR count). The Bertz CT molecular complexity index is 963. The van der Waals surface area contributed by atoms with Gasteiger partial charge in [-0.05, 0) is 70.0 Å². The Hall–Kier alpha value is -1.59. The fourth-order valence-electron chi connectivity index (χ4n) is 3.45. The second-order valence-corrected chi connectivity index (χ2v) is 7.94. The Morgan fingerprint density at radius 2 is 1.82 bits per heavy atom. The number of nitrogens with zero attached hydrogens (tertiary/aromatic N) is 4. The van der Waals surface area contributed by atoms with Gasteiger partial charge in [0.15, 0.2) is 0 Å². The second-order valence-electron chi connectivity index (χ2n) is 6.70. The molecule has 1 aliphatic rings. The summed E-state index contributed by atoms with van der Waals surface area (Å²) in [5.74, 6) is 0. The molecule has 0 amide bonds. The van der Waals surface area contributed by atoms with Crippen LogP contribution in [0.1, 0.15) is 27.9 Å². The van der Waals surface area contributed by atoms with Gasteiger partial charge in [-0.15, -0.1) is 24.8 Å². The molecule has 0 unspecified atom stereocenters. The lowest BCUT2D eigenvalue weighted by Gasteiger charge is -2.29. The topological polar surface area (TPSA) is 44.9 Å². The number of imidazole rings is 1. The van der Waals surface area contributed by atoms with Gasteiger partial charge in [0.1, 0.15) is 0 Å². The van der Waals surface area contributed by atoms with Gasteiger partial charge >= 0.3 is 0 Å². The van der Waals surface area contributed by atoms with Gasteiger partial charge in [0.2, 0.25) is 0 Å². The van der Waals surface area contributed by atoms with Crippen LogP contribution in [0.5, 0.6) is 0 Å². The van der Waals surface area contributed by atoms with Crippen molar-refractivity contribution in [2.75, 3.05) is 6.54 Å². The highest BCUT2D eigenvalue weighted by Gasteiger charge is 2.18. The molecule has 3 aromatic rings. The van der Waals surface area contributed by atoms with Crippen LogP contribution in [0.15, 0.2) is 55.0 Å². The summed E-state index contributed by atoms with van der Waals surface area (Å²) < 4.78 is 3.50. The summed E-state index contributed by atoms with van der Waals surface area (Å²) in [7, 11) is 0. The summed E-state index contributed by atoms with van der Waals surface area (Å²) in [6.07, 6.45) is 4.97. The summed E-state index contributed by atoms with van der Waals surface area (Å²) in [6.45, 7) is 3.76. The molecule has 28 heavy (non-hydrogen) atoms. The molecular formula is C21H21Cl2IN4. The molecule has 2 heterocycles. The van der Waals surface area contributed by atoms with Gasteiger partial charge < -0.3 is 4.57 Å². The summed E-state index contributed by atoms with van der Waals surface area (Å²) in [5, 5.41) is 8.93. The number of halogens is 3. The van der Waals surface area contributed by atoms with Gasteiger partial charge in [0.25, 0.3) is 0 Å². The largest absolute Gasteiger partial charge is 0.329 e. The van der Waals surface area contributed by atoms with E-state index in [1.807, 2.05) is 36.8 Å². The Morgan fingerprint density at radius 1 is 1.04 bits per heavy atom. The fourth-order valence-corrected chi connectivity index (χ4v) is 4.01. The van der Waals surface area contributed by atoms with E-state index in [2.05, 4.69) is 61.3 Å². The molecule has 0 spiro atoms. The van der Waals surface area contributed by atoms with E-state index in [9.17, 15) is 0 Å². The van der Waals surface area contributed by atoms with Gasteiger partial charge in [-0.1, -0.05) is 18.2 Å². The summed E-state index contributed by atoms with van der Waals surface area (Å²) in [6, 6.07) is 16.7. The quantitative estimate of drug-likeness (QED) is 0.458. The Morgan fingerprint density at radius 3 is 2.57 bits per heavy atom. The maximum atomic E-state index is 8.93. The molecule has 4 nitrogen and oxygen atoms in total. The van der Waals surface area contributed by atoms with Crippen molar-refractivity contribution >= 4 is 47.4 Å². The van der Waals surface area contributed by atoms with E-state index < -0.39 is 0 Å². The van der Waals surface area contributed by atoms with Crippen LogP contribution >= 0.6 is 47.4 Å². The van der Waals surface area contributed by atoms with Gasteiger partial charge in [0, 0.05) is 35.9 Å². The number of rotatable bonds is 4. The second kappa shape index (κ2) is 10.3. The van der Waals surface area contributed by atoms with E-state index in [1.165, 1.54) is 26.0 Å². The van der Waals surface area contributed by atoms with Gasteiger partial charge in [-0.3, -0.25) is 4.90 Å². The van der Waals surface area contributed by atoms with E-state index in [4.69, 9.17) is 5.26 Å². The molecule has 146 valence electrons. The monoisotopic (exact) mass is 526 g/mol. The zero-order valence-electron chi connectivity index (χ0n) is 15.2. The first-order chi connectivity index (χ1) is 12.7. The lowest BCUT2D eigenvalue weighted by Crippen LogP contribution is -2.31. The number of aromatic nitrogens is 2. The van der Waals surface area contributed by atoms with Crippen LogP contribution in [0.4, 0.5) is 0 Å². The van der Waals surface area contributed by atoms with Crippen molar-refractivity contribution in [3.63, 3.8) is 0 Å². The van der Waals surface area contributed by atoms with Gasteiger partial charge in [-0.2, -0.15) is 5.26 Å².